The number of rotatable bonds is 3. The highest BCUT2D eigenvalue weighted by atomic mass is 16.5. The molecule has 1 atom stereocenters. The van der Waals surface area contributed by atoms with E-state index in [0.717, 1.165) is 48.0 Å². The van der Waals surface area contributed by atoms with E-state index in [2.05, 4.69) is 35.3 Å². The fourth-order valence-corrected chi connectivity index (χ4v) is 4.04. The Labute approximate surface area is 167 Å². The van der Waals surface area contributed by atoms with Crippen molar-refractivity contribution in [1.82, 2.24) is 30.4 Å². The molecule has 148 valence electrons. The normalized spacial score (nSPS) is 18.6. The van der Waals surface area contributed by atoms with Gasteiger partial charge in [-0.05, 0) is 43.9 Å². The van der Waals surface area contributed by atoms with Crippen LogP contribution in [-0.2, 0) is 17.8 Å². The van der Waals surface area contributed by atoms with Crippen molar-refractivity contribution in [3.05, 3.63) is 47.0 Å². The van der Waals surface area contributed by atoms with Crippen LogP contribution in [0.3, 0.4) is 0 Å². The summed E-state index contributed by atoms with van der Waals surface area (Å²) in [5.41, 5.74) is 4.13. The first kappa shape index (κ1) is 17.7. The molecular formula is C20H21N7O2. The van der Waals surface area contributed by atoms with Crippen LogP contribution in [0.2, 0.25) is 0 Å². The monoisotopic (exact) mass is 391 g/mol. The molecule has 1 N–H and O–H groups in total. The molecule has 1 amide bonds. The predicted octanol–water partition coefficient (Wildman–Crippen LogP) is 2.05. The lowest BCUT2D eigenvalue weighted by molar-refractivity contribution is -0.119. The summed E-state index contributed by atoms with van der Waals surface area (Å²) in [7, 11) is 0. The zero-order valence-electron chi connectivity index (χ0n) is 16.3. The van der Waals surface area contributed by atoms with Gasteiger partial charge in [-0.2, -0.15) is 4.98 Å². The van der Waals surface area contributed by atoms with Crippen LogP contribution in [0.25, 0.3) is 11.4 Å². The number of amides is 1. The van der Waals surface area contributed by atoms with Gasteiger partial charge in [0.05, 0.1) is 0 Å². The second-order valence-electron chi connectivity index (χ2n) is 7.47. The highest BCUT2D eigenvalue weighted by molar-refractivity contribution is 5.78. The van der Waals surface area contributed by atoms with Crippen LogP contribution in [0.4, 0.5) is 5.82 Å². The lowest BCUT2D eigenvalue weighted by Gasteiger charge is -2.30. The molecule has 2 aliphatic heterocycles. The van der Waals surface area contributed by atoms with Gasteiger partial charge in [0.1, 0.15) is 17.7 Å². The number of pyridine rings is 1. The van der Waals surface area contributed by atoms with Gasteiger partial charge in [0.25, 0.3) is 0 Å². The van der Waals surface area contributed by atoms with Gasteiger partial charge in [-0.3, -0.25) is 9.78 Å². The Hall–Kier alpha value is -3.36. The van der Waals surface area contributed by atoms with E-state index in [4.69, 9.17) is 4.52 Å². The van der Waals surface area contributed by atoms with Crippen molar-refractivity contribution in [2.45, 2.75) is 45.7 Å². The van der Waals surface area contributed by atoms with E-state index in [1.54, 1.807) is 6.20 Å². The van der Waals surface area contributed by atoms with Crippen LogP contribution in [-0.4, -0.2) is 37.5 Å². The molecule has 0 saturated carbocycles. The van der Waals surface area contributed by atoms with Crippen LogP contribution < -0.4 is 10.2 Å². The number of anilines is 1. The van der Waals surface area contributed by atoms with Crippen molar-refractivity contribution in [1.29, 1.82) is 0 Å². The molecule has 9 nitrogen and oxygen atoms in total. The molecule has 0 aromatic carbocycles. The Bertz CT molecular complexity index is 1090. The van der Waals surface area contributed by atoms with Crippen molar-refractivity contribution < 1.29 is 9.32 Å². The molecule has 2 aliphatic rings. The van der Waals surface area contributed by atoms with E-state index in [9.17, 15) is 4.79 Å². The fraction of sp³-hybridized carbons (Fsp3) is 0.400. The van der Waals surface area contributed by atoms with Crippen molar-refractivity contribution in [3.8, 4) is 11.4 Å². The molecule has 3 aromatic heterocycles. The van der Waals surface area contributed by atoms with E-state index < -0.39 is 0 Å². The first-order valence-electron chi connectivity index (χ1n) is 9.74. The van der Waals surface area contributed by atoms with Gasteiger partial charge in [0.2, 0.25) is 17.6 Å². The third kappa shape index (κ3) is 3.22. The number of nitrogens with zero attached hydrogens (tertiary/aromatic N) is 6. The first-order chi connectivity index (χ1) is 14.1. The summed E-state index contributed by atoms with van der Waals surface area (Å²) in [5.74, 6) is 2.69. The number of aromatic nitrogens is 5. The van der Waals surface area contributed by atoms with Gasteiger partial charge in [0.15, 0.2) is 0 Å². The van der Waals surface area contributed by atoms with E-state index in [1.807, 2.05) is 26.1 Å². The zero-order chi connectivity index (χ0) is 20.0. The second-order valence-corrected chi connectivity index (χ2v) is 7.47. The SMILES string of the molecule is Cc1nccc(N2CCc3c(cnc(C)c3-c3noc(C4CCC(=O)N4)n3)C2)n1. The average molecular weight is 391 g/mol. The zero-order valence-corrected chi connectivity index (χ0v) is 16.3. The number of aryl methyl sites for hydroxylation is 2. The van der Waals surface area contributed by atoms with Crippen molar-refractivity contribution in [2.24, 2.45) is 0 Å². The molecule has 0 spiro atoms. The van der Waals surface area contributed by atoms with Gasteiger partial charge >= 0.3 is 0 Å². The van der Waals surface area contributed by atoms with Crippen molar-refractivity contribution in [2.75, 3.05) is 11.4 Å². The first-order valence-corrected chi connectivity index (χ1v) is 9.74. The Morgan fingerprint density at radius 3 is 2.90 bits per heavy atom. The number of nitrogens with one attached hydrogen (secondary N) is 1. The molecule has 0 radical (unpaired) electrons. The number of hydrogen-bond acceptors (Lipinski definition) is 8. The summed E-state index contributed by atoms with van der Waals surface area (Å²) in [6.45, 7) is 5.41. The maximum absolute atomic E-state index is 11.5. The maximum atomic E-state index is 11.5. The Morgan fingerprint density at radius 1 is 1.21 bits per heavy atom. The minimum atomic E-state index is -0.201. The molecule has 1 unspecified atom stereocenters. The standard InChI is InChI=1S/C20H21N7O2/c1-11-18(19-25-20(29-26-19)15-3-4-17(28)24-15)14-6-8-27(10-13(14)9-22-11)16-5-7-21-12(2)23-16/h5,7,9,15H,3-4,6,8,10H2,1-2H3,(H,24,28). The van der Waals surface area contributed by atoms with E-state index in [-0.39, 0.29) is 11.9 Å². The molecule has 0 aliphatic carbocycles. The lowest BCUT2D eigenvalue weighted by Crippen LogP contribution is -2.32. The fourth-order valence-electron chi connectivity index (χ4n) is 4.04. The summed E-state index contributed by atoms with van der Waals surface area (Å²) in [6, 6.07) is 1.73. The Kier molecular flexibility index (Phi) is 4.22. The summed E-state index contributed by atoms with van der Waals surface area (Å²) in [5, 5.41) is 7.07. The second kappa shape index (κ2) is 6.91. The molecule has 29 heavy (non-hydrogen) atoms. The third-order valence-electron chi connectivity index (χ3n) is 5.50. The summed E-state index contributed by atoms with van der Waals surface area (Å²) >= 11 is 0. The molecule has 3 aromatic rings. The minimum absolute atomic E-state index is 0.0183. The van der Waals surface area contributed by atoms with E-state index in [1.165, 1.54) is 5.56 Å². The largest absolute Gasteiger partial charge is 0.352 e. The number of carbonyl (C=O) groups is 1. The molecule has 1 fully saturated rings. The molecule has 5 heterocycles. The number of hydrogen-bond donors (Lipinski definition) is 1. The van der Waals surface area contributed by atoms with Crippen LogP contribution in [0.5, 0.6) is 0 Å². The summed E-state index contributed by atoms with van der Waals surface area (Å²) < 4.78 is 5.47. The maximum Gasteiger partial charge on any atom is 0.249 e. The van der Waals surface area contributed by atoms with Gasteiger partial charge in [0, 0.05) is 43.2 Å². The van der Waals surface area contributed by atoms with Crippen LogP contribution in [0, 0.1) is 13.8 Å². The third-order valence-corrected chi connectivity index (χ3v) is 5.50. The van der Waals surface area contributed by atoms with Gasteiger partial charge in [-0.15, -0.1) is 0 Å². The highest BCUT2D eigenvalue weighted by Gasteiger charge is 2.29. The number of carbonyl (C=O) groups excluding carboxylic acids is 1. The van der Waals surface area contributed by atoms with Gasteiger partial charge in [-0.1, -0.05) is 5.16 Å². The molecule has 1 saturated heterocycles. The molecule has 9 heteroatoms. The number of fused-ring (bicyclic) bond motifs is 1. The van der Waals surface area contributed by atoms with Crippen LogP contribution in [0.1, 0.15) is 47.4 Å². The van der Waals surface area contributed by atoms with Crippen LogP contribution in [0.15, 0.2) is 23.0 Å². The summed E-state index contributed by atoms with van der Waals surface area (Å²) in [4.78, 5) is 31.6. The minimum Gasteiger partial charge on any atom is -0.352 e. The predicted molar refractivity (Wildman–Crippen MR) is 104 cm³/mol. The topological polar surface area (TPSA) is 110 Å². The smallest absolute Gasteiger partial charge is 0.249 e. The van der Waals surface area contributed by atoms with Gasteiger partial charge < -0.3 is 14.7 Å². The van der Waals surface area contributed by atoms with Crippen LogP contribution >= 0.6 is 0 Å². The Morgan fingerprint density at radius 2 is 2.10 bits per heavy atom. The molecular weight excluding hydrogens is 370 g/mol. The van der Waals surface area contributed by atoms with E-state index >= 15 is 0 Å². The quantitative estimate of drug-likeness (QED) is 0.722. The molecule has 0 bridgehead atoms. The van der Waals surface area contributed by atoms with E-state index in [0.29, 0.717) is 24.6 Å². The Balaban J connectivity index is 1.47. The summed E-state index contributed by atoms with van der Waals surface area (Å²) in [6.07, 6.45) is 5.71. The lowest BCUT2D eigenvalue weighted by atomic mass is 9.94. The van der Waals surface area contributed by atoms with Crippen molar-refractivity contribution >= 4 is 11.7 Å². The van der Waals surface area contributed by atoms with Gasteiger partial charge in [-0.25, -0.2) is 9.97 Å². The van der Waals surface area contributed by atoms with Crippen molar-refractivity contribution in [3.63, 3.8) is 0 Å². The molecule has 5 rings (SSSR count). The highest BCUT2D eigenvalue weighted by Crippen LogP contribution is 2.33. The average Bonchev–Trinajstić information content (AvgIpc) is 3.36.